The Morgan fingerprint density at radius 2 is 2.50 bits per heavy atom. The Morgan fingerprint density at radius 1 is 1.83 bits per heavy atom. The van der Waals surface area contributed by atoms with E-state index in [0.717, 1.165) is 0 Å². The number of aromatic nitrogens is 1. The average Bonchev–Trinajstić information content (AvgIpc) is 2.34. The van der Waals surface area contributed by atoms with Crippen LogP contribution in [0.2, 0.25) is 0 Å². The molecule has 0 amide bonds. The maximum atomic E-state index is 10.3. The highest BCUT2D eigenvalue weighted by Gasteiger charge is 2.13. The van der Waals surface area contributed by atoms with Crippen molar-refractivity contribution in [2.24, 2.45) is 0 Å². The van der Waals surface area contributed by atoms with E-state index in [0.29, 0.717) is 11.6 Å². The molecule has 1 heterocycles. The van der Waals surface area contributed by atoms with Crippen LogP contribution in [0.25, 0.3) is 0 Å². The maximum absolute atomic E-state index is 10.3. The van der Waals surface area contributed by atoms with Gasteiger partial charge in [0.1, 0.15) is 6.26 Å². The molecule has 0 aromatic carbocycles. The van der Waals surface area contributed by atoms with Crippen LogP contribution in [0.3, 0.4) is 0 Å². The van der Waals surface area contributed by atoms with Crippen molar-refractivity contribution in [2.45, 2.75) is 26.2 Å². The number of aryl methyl sites for hydroxylation is 1. The third-order valence-corrected chi connectivity index (χ3v) is 1.62. The fourth-order valence-corrected chi connectivity index (χ4v) is 0.973. The van der Waals surface area contributed by atoms with Gasteiger partial charge in [-0.3, -0.25) is 4.79 Å². The second-order valence-electron chi connectivity index (χ2n) is 2.79. The molecule has 0 saturated heterocycles. The molecule has 4 heteroatoms. The van der Waals surface area contributed by atoms with Gasteiger partial charge >= 0.3 is 5.97 Å². The summed E-state index contributed by atoms with van der Waals surface area (Å²) in [7, 11) is 0. The summed E-state index contributed by atoms with van der Waals surface area (Å²) in [5, 5.41) is 8.49. The van der Waals surface area contributed by atoms with Crippen molar-refractivity contribution in [3.8, 4) is 0 Å². The van der Waals surface area contributed by atoms with E-state index in [2.05, 4.69) is 4.98 Å². The van der Waals surface area contributed by atoms with Gasteiger partial charge in [-0.2, -0.15) is 0 Å². The number of rotatable bonds is 3. The zero-order chi connectivity index (χ0) is 9.14. The van der Waals surface area contributed by atoms with Crippen molar-refractivity contribution >= 4 is 5.97 Å². The van der Waals surface area contributed by atoms with Crippen LogP contribution in [0.4, 0.5) is 0 Å². The third-order valence-electron chi connectivity index (χ3n) is 1.62. The monoisotopic (exact) mass is 169 g/mol. The molecule has 0 radical (unpaired) electrons. The van der Waals surface area contributed by atoms with E-state index in [1.54, 1.807) is 6.92 Å². The maximum Gasteiger partial charge on any atom is 0.304 e. The zero-order valence-corrected chi connectivity index (χ0v) is 7.07. The van der Waals surface area contributed by atoms with Crippen molar-refractivity contribution in [1.82, 2.24) is 4.98 Å². The predicted octanol–water partition coefficient (Wildman–Crippen LogP) is 1.56. The minimum Gasteiger partial charge on any atom is -0.481 e. The first kappa shape index (κ1) is 8.77. The van der Waals surface area contributed by atoms with Crippen molar-refractivity contribution in [1.29, 1.82) is 0 Å². The van der Waals surface area contributed by atoms with E-state index in [1.165, 1.54) is 6.26 Å². The van der Waals surface area contributed by atoms with Gasteiger partial charge in [0, 0.05) is 12.8 Å². The first-order chi connectivity index (χ1) is 5.59. The Morgan fingerprint density at radius 3 is 2.92 bits per heavy atom. The molecule has 1 aromatic heterocycles. The van der Waals surface area contributed by atoms with E-state index in [-0.39, 0.29) is 12.3 Å². The van der Waals surface area contributed by atoms with Gasteiger partial charge in [0.15, 0.2) is 5.89 Å². The van der Waals surface area contributed by atoms with Crippen LogP contribution in [0.5, 0.6) is 0 Å². The molecule has 0 aliphatic carbocycles. The lowest BCUT2D eigenvalue weighted by atomic mass is 10.1. The van der Waals surface area contributed by atoms with Crippen molar-refractivity contribution in [3.63, 3.8) is 0 Å². The molecule has 1 aromatic rings. The van der Waals surface area contributed by atoms with Crippen LogP contribution in [0, 0.1) is 6.92 Å². The van der Waals surface area contributed by atoms with E-state index in [4.69, 9.17) is 9.52 Å². The molecule has 0 aliphatic heterocycles. The number of carboxylic acid groups (broad SMARTS) is 1. The first-order valence-electron chi connectivity index (χ1n) is 3.73. The summed E-state index contributed by atoms with van der Waals surface area (Å²) in [6.07, 6.45) is 1.59. The number of carbonyl (C=O) groups is 1. The summed E-state index contributed by atoms with van der Waals surface area (Å²) in [6.45, 7) is 3.54. The zero-order valence-electron chi connectivity index (χ0n) is 7.07. The Labute approximate surface area is 70.2 Å². The molecule has 0 bridgehead atoms. The van der Waals surface area contributed by atoms with Gasteiger partial charge in [-0.1, -0.05) is 6.92 Å². The highest BCUT2D eigenvalue weighted by Crippen LogP contribution is 2.17. The largest absolute Gasteiger partial charge is 0.481 e. The Hall–Kier alpha value is -1.32. The third kappa shape index (κ3) is 2.08. The van der Waals surface area contributed by atoms with Crippen LogP contribution in [0.1, 0.15) is 30.8 Å². The lowest BCUT2D eigenvalue weighted by molar-refractivity contribution is -0.137. The topological polar surface area (TPSA) is 63.3 Å². The molecule has 0 aliphatic rings. The molecular weight excluding hydrogens is 158 g/mol. The van der Waals surface area contributed by atoms with Crippen molar-refractivity contribution in [2.75, 3.05) is 0 Å². The minimum absolute atomic E-state index is 0.0834. The van der Waals surface area contributed by atoms with Gasteiger partial charge in [-0.25, -0.2) is 4.98 Å². The molecule has 1 unspecified atom stereocenters. The second kappa shape index (κ2) is 3.38. The Kier molecular flexibility index (Phi) is 2.47. The molecule has 1 rings (SSSR count). The summed E-state index contributed by atoms with van der Waals surface area (Å²) in [5.41, 5.74) is 0.704. The summed E-state index contributed by atoms with van der Waals surface area (Å²) in [4.78, 5) is 14.4. The summed E-state index contributed by atoms with van der Waals surface area (Å²) in [6, 6.07) is 0. The second-order valence-corrected chi connectivity index (χ2v) is 2.79. The number of carboxylic acids is 1. The smallest absolute Gasteiger partial charge is 0.304 e. The first-order valence-corrected chi connectivity index (χ1v) is 3.73. The van der Waals surface area contributed by atoms with Crippen LogP contribution in [-0.4, -0.2) is 16.1 Å². The predicted molar refractivity (Wildman–Crippen MR) is 41.9 cm³/mol. The highest BCUT2D eigenvalue weighted by atomic mass is 16.4. The summed E-state index contributed by atoms with van der Waals surface area (Å²) >= 11 is 0. The van der Waals surface area contributed by atoms with Crippen LogP contribution in [-0.2, 0) is 4.79 Å². The lowest BCUT2D eigenvalue weighted by Gasteiger charge is -2.01. The SMILES string of the molecule is Cc1nc(C(C)CC(=O)O)co1. The molecule has 0 fully saturated rings. The lowest BCUT2D eigenvalue weighted by Crippen LogP contribution is -2.02. The van der Waals surface area contributed by atoms with Gasteiger partial charge in [0.2, 0.25) is 0 Å². The molecule has 4 nitrogen and oxygen atoms in total. The Balaban J connectivity index is 2.64. The molecule has 66 valence electrons. The number of hydrogen-bond acceptors (Lipinski definition) is 3. The number of hydrogen-bond donors (Lipinski definition) is 1. The van der Waals surface area contributed by atoms with Crippen LogP contribution >= 0.6 is 0 Å². The average molecular weight is 169 g/mol. The fourth-order valence-electron chi connectivity index (χ4n) is 0.973. The fraction of sp³-hybridized carbons (Fsp3) is 0.500. The van der Waals surface area contributed by atoms with Crippen molar-refractivity contribution < 1.29 is 14.3 Å². The quantitative estimate of drug-likeness (QED) is 0.745. The minimum atomic E-state index is -0.817. The molecule has 1 atom stereocenters. The number of oxazole rings is 1. The standard InChI is InChI=1S/C8H11NO3/c1-5(3-8(10)11)7-4-12-6(2)9-7/h4-5H,3H2,1-2H3,(H,10,11). The van der Waals surface area contributed by atoms with E-state index < -0.39 is 5.97 Å². The number of nitrogens with zero attached hydrogens (tertiary/aromatic N) is 1. The molecule has 1 N–H and O–H groups in total. The molecule has 0 saturated carbocycles. The van der Waals surface area contributed by atoms with E-state index >= 15 is 0 Å². The Bertz CT molecular complexity index is 280. The van der Waals surface area contributed by atoms with E-state index in [1.807, 2.05) is 6.92 Å². The van der Waals surface area contributed by atoms with Gasteiger partial charge in [-0.15, -0.1) is 0 Å². The molecule has 12 heavy (non-hydrogen) atoms. The van der Waals surface area contributed by atoms with Crippen LogP contribution < -0.4 is 0 Å². The van der Waals surface area contributed by atoms with E-state index in [9.17, 15) is 4.79 Å². The summed E-state index contributed by atoms with van der Waals surface area (Å²) < 4.78 is 4.96. The van der Waals surface area contributed by atoms with Crippen molar-refractivity contribution in [3.05, 3.63) is 17.8 Å². The van der Waals surface area contributed by atoms with Gasteiger partial charge in [0.05, 0.1) is 12.1 Å². The molecule has 0 spiro atoms. The number of aliphatic carboxylic acids is 1. The normalized spacial score (nSPS) is 12.8. The highest BCUT2D eigenvalue weighted by molar-refractivity contribution is 5.67. The molecular formula is C8H11NO3. The van der Waals surface area contributed by atoms with Gasteiger partial charge < -0.3 is 9.52 Å². The van der Waals surface area contributed by atoms with Crippen LogP contribution in [0.15, 0.2) is 10.7 Å². The summed E-state index contributed by atoms with van der Waals surface area (Å²) in [5.74, 6) is -0.328. The van der Waals surface area contributed by atoms with Gasteiger partial charge in [-0.05, 0) is 0 Å². The van der Waals surface area contributed by atoms with Gasteiger partial charge in [0.25, 0.3) is 0 Å².